The lowest BCUT2D eigenvalue weighted by Gasteiger charge is -2.51. The van der Waals surface area contributed by atoms with E-state index in [4.69, 9.17) is 0 Å². The quantitative estimate of drug-likeness (QED) is 0.847. The molecule has 2 aliphatic heterocycles. The molecule has 2 atom stereocenters. The first-order chi connectivity index (χ1) is 9.83. The number of hydrogen-bond acceptors (Lipinski definition) is 3. The van der Waals surface area contributed by atoms with Gasteiger partial charge in [0.25, 0.3) is 0 Å². The van der Waals surface area contributed by atoms with Gasteiger partial charge in [0.1, 0.15) is 0 Å². The summed E-state index contributed by atoms with van der Waals surface area (Å²) in [7, 11) is 0. The van der Waals surface area contributed by atoms with Crippen LogP contribution in [0, 0.1) is 0 Å². The Hall–Kier alpha value is -0.670. The van der Waals surface area contributed by atoms with E-state index in [1.807, 2.05) is 11.8 Å². The van der Waals surface area contributed by atoms with Crippen LogP contribution in [0.25, 0.3) is 0 Å². The minimum atomic E-state index is 0.730. The monoisotopic (exact) mass is 290 g/mol. The fourth-order valence-corrected chi connectivity index (χ4v) is 4.67. The molecule has 2 aliphatic rings. The number of fused-ring (bicyclic) bond motifs is 2. The molecule has 2 nitrogen and oxygen atoms in total. The van der Waals surface area contributed by atoms with E-state index in [-0.39, 0.29) is 0 Å². The van der Waals surface area contributed by atoms with E-state index >= 15 is 0 Å². The predicted octanol–water partition coefficient (Wildman–Crippen LogP) is 3.91. The zero-order valence-electron chi connectivity index (χ0n) is 12.6. The molecule has 20 heavy (non-hydrogen) atoms. The molecule has 3 rings (SSSR count). The van der Waals surface area contributed by atoms with E-state index in [0.717, 1.165) is 24.7 Å². The fraction of sp³-hybridized carbons (Fsp3) is 0.647. The van der Waals surface area contributed by atoms with Crippen molar-refractivity contribution >= 4 is 17.4 Å². The Balaban J connectivity index is 1.86. The lowest BCUT2D eigenvalue weighted by atomic mass is 9.81. The first-order valence-electron chi connectivity index (χ1n) is 7.98. The highest BCUT2D eigenvalue weighted by Crippen LogP contribution is 2.41. The van der Waals surface area contributed by atoms with E-state index in [1.165, 1.54) is 42.7 Å². The molecule has 2 fully saturated rings. The zero-order valence-corrected chi connectivity index (χ0v) is 13.5. The maximum atomic E-state index is 3.68. The number of rotatable bonds is 4. The van der Waals surface area contributed by atoms with Gasteiger partial charge in [-0.25, -0.2) is 0 Å². The summed E-state index contributed by atoms with van der Waals surface area (Å²) in [5.74, 6) is 0. The van der Waals surface area contributed by atoms with Crippen LogP contribution in [0.3, 0.4) is 0 Å². The van der Waals surface area contributed by atoms with Crippen molar-refractivity contribution in [2.45, 2.75) is 62.0 Å². The molecular weight excluding hydrogens is 264 g/mol. The normalized spacial score (nSPS) is 29.5. The largest absolute Gasteiger partial charge is 0.365 e. The molecule has 0 spiro atoms. The molecule has 1 N–H and O–H groups in total. The molecule has 3 heteroatoms. The molecule has 2 bridgehead atoms. The van der Waals surface area contributed by atoms with Crippen LogP contribution in [0.2, 0.25) is 0 Å². The third-order valence-corrected chi connectivity index (χ3v) is 5.62. The molecule has 0 amide bonds. The van der Waals surface area contributed by atoms with E-state index in [9.17, 15) is 0 Å². The second kappa shape index (κ2) is 6.40. The SMILES string of the molecule is CCNC1CC2CCCC(C1)N2c1ccccc1SC. The summed E-state index contributed by atoms with van der Waals surface area (Å²) >= 11 is 1.88. The highest BCUT2D eigenvalue weighted by atomic mass is 32.2. The smallest absolute Gasteiger partial charge is 0.0509 e. The van der Waals surface area contributed by atoms with Gasteiger partial charge in [-0.2, -0.15) is 0 Å². The number of benzene rings is 1. The highest BCUT2D eigenvalue weighted by molar-refractivity contribution is 7.98. The zero-order chi connectivity index (χ0) is 13.9. The molecule has 2 heterocycles. The summed E-state index contributed by atoms with van der Waals surface area (Å²) in [6, 6.07) is 11.2. The number of thioether (sulfide) groups is 1. The highest BCUT2D eigenvalue weighted by Gasteiger charge is 2.38. The van der Waals surface area contributed by atoms with Gasteiger partial charge in [-0.15, -0.1) is 11.8 Å². The number of anilines is 1. The summed E-state index contributed by atoms with van der Waals surface area (Å²) in [5, 5.41) is 3.68. The molecule has 0 radical (unpaired) electrons. The van der Waals surface area contributed by atoms with Crippen molar-refractivity contribution in [3.8, 4) is 0 Å². The van der Waals surface area contributed by atoms with Crippen LogP contribution in [0.15, 0.2) is 29.2 Å². The van der Waals surface area contributed by atoms with E-state index in [2.05, 4.69) is 47.7 Å². The summed E-state index contributed by atoms with van der Waals surface area (Å²) in [6.07, 6.45) is 8.95. The average Bonchev–Trinajstić information content (AvgIpc) is 2.46. The lowest BCUT2D eigenvalue weighted by Crippen LogP contribution is -2.56. The van der Waals surface area contributed by atoms with Crippen molar-refractivity contribution in [2.24, 2.45) is 0 Å². The first kappa shape index (κ1) is 14.3. The number of hydrogen-bond donors (Lipinski definition) is 1. The predicted molar refractivity (Wildman–Crippen MR) is 88.8 cm³/mol. The van der Waals surface area contributed by atoms with E-state index in [1.54, 1.807) is 0 Å². The molecule has 0 saturated carbocycles. The number of nitrogens with one attached hydrogen (secondary N) is 1. The molecule has 110 valence electrons. The molecule has 0 aliphatic carbocycles. The van der Waals surface area contributed by atoms with Gasteiger partial charge in [0.05, 0.1) is 5.69 Å². The van der Waals surface area contributed by atoms with Gasteiger partial charge < -0.3 is 10.2 Å². The molecule has 0 aromatic heterocycles. The maximum Gasteiger partial charge on any atom is 0.0509 e. The second-order valence-corrected chi connectivity index (χ2v) is 6.89. The Morgan fingerprint density at radius 1 is 1.20 bits per heavy atom. The minimum absolute atomic E-state index is 0.730. The third kappa shape index (κ3) is 2.71. The van der Waals surface area contributed by atoms with Crippen LogP contribution in [0.1, 0.15) is 39.0 Å². The third-order valence-electron chi connectivity index (χ3n) is 4.83. The van der Waals surface area contributed by atoms with Crippen LogP contribution in [0.4, 0.5) is 5.69 Å². The van der Waals surface area contributed by atoms with Gasteiger partial charge in [0, 0.05) is 23.0 Å². The van der Waals surface area contributed by atoms with Crippen molar-refractivity contribution in [1.82, 2.24) is 5.32 Å². The summed E-state index contributed by atoms with van der Waals surface area (Å²) in [4.78, 5) is 4.19. The van der Waals surface area contributed by atoms with Crippen LogP contribution >= 0.6 is 11.8 Å². The van der Waals surface area contributed by atoms with Gasteiger partial charge in [0.15, 0.2) is 0 Å². The van der Waals surface area contributed by atoms with Gasteiger partial charge in [-0.05, 0) is 57.0 Å². The van der Waals surface area contributed by atoms with E-state index in [0.29, 0.717) is 0 Å². The van der Waals surface area contributed by atoms with Crippen molar-refractivity contribution in [3.63, 3.8) is 0 Å². The van der Waals surface area contributed by atoms with Crippen LogP contribution in [0.5, 0.6) is 0 Å². The molecule has 1 aromatic carbocycles. The topological polar surface area (TPSA) is 15.3 Å². The Kier molecular flexibility index (Phi) is 4.57. The van der Waals surface area contributed by atoms with Crippen LogP contribution in [-0.2, 0) is 0 Å². The summed E-state index contributed by atoms with van der Waals surface area (Å²) < 4.78 is 0. The summed E-state index contributed by atoms with van der Waals surface area (Å²) in [5.41, 5.74) is 1.48. The van der Waals surface area contributed by atoms with Crippen molar-refractivity contribution in [1.29, 1.82) is 0 Å². The summed E-state index contributed by atoms with van der Waals surface area (Å²) in [6.45, 7) is 3.33. The standard InChI is InChI=1S/C17H26N2S/c1-3-18-13-11-14-7-6-8-15(12-13)19(14)16-9-4-5-10-17(16)20-2/h4-5,9-10,13-15,18H,3,6-8,11-12H2,1-2H3. The second-order valence-electron chi connectivity index (χ2n) is 6.04. The van der Waals surface area contributed by atoms with Gasteiger partial charge in [-0.3, -0.25) is 0 Å². The number of para-hydroxylation sites is 1. The fourth-order valence-electron chi connectivity index (χ4n) is 4.07. The van der Waals surface area contributed by atoms with Crippen LogP contribution < -0.4 is 10.2 Å². The minimum Gasteiger partial charge on any atom is -0.365 e. The molecule has 1 aromatic rings. The van der Waals surface area contributed by atoms with Gasteiger partial charge >= 0.3 is 0 Å². The number of piperidine rings is 2. The van der Waals surface area contributed by atoms with Crippen molar-refractivity contribution in [2.75, 3.05) is 17.7 Å². The molecule has 2 unspecified atom stereocenters. The van der Waals surface area contributed by atoms with Gasteiger partial charge in [-0.1, -0.05) is 19.1 Å². The number of nitrogens with zero attached hydrogens (tertiary/aromatic N) is 1. The molecular formula is C17H26N2S. The molecule has 2 saturated heterocycles. The lowest BCUT2D eigenvalue weighted by molar-refractivity contribution is 0.247. The Morgan fingerprint density at radius 3 is 2.55 bits per heavy atom. The Morgan fingerprint density at radius 2 is 1.90 bits per heavy atom. The van der Waals surface area contributed by atoms with Crippen molar-refractivity contribution < 1.29 is 0 Å². The van der Waals surface area contributed by atoms with E-state index < -0.39 is 0 Å². The maximum absolute atomic E-state index is 3.68. The van der Waals surface area contributed by atoms with Crippen molar-refractivity contribution in [3.05, 3.63) is 24.3 Å². The van der Waals surface area contributed by atoms with Crippen LogP contribution in [-0.4, -0.2) is 30.9 Å². The Labute approximate surface area is 127 Å². The first-order valence-corrected chi connectivity index (χ1v) is 9.20. The van der Waals surface area contributed by atoms with Gasteiger partial charge in [0.2, 0.25) is 0 Å². The Bertz CT molecular complexity index is 434. The average molecular weight is 290 g/mol.